The number of likely N-dealkylation sites (tertiary alicyclic amines) is 1. The highest BCUT2D eigenvalue weighted by Gasteiger charge is 2.36. The molecule has 8 heteroatoms. The second-order valence-corrected chi connectivity index (χ2v) is 12.5. The number of amides is 2. The van der Waals surface area contributed by atoms with Gasteiger partial charge >= 0.3 is 0 Å². The van der Waals surface area contributed by atoms with Gasteiger partial charge in [-0.25, -0.2) is 0 Å². The molecule has 0 spiro atoms. The molecule has 2 saturated carbocycles. The van der Waals surface area contributed by atoms with Gasteiger partial charge in [0.1, 0.15) is 6.04 Å². The smallest absolute Gasteiger partial charge is 0.240 e. The Balaban J connectivity index is 1.52. The average Bonchev–Trinajstić information content (AvgIpc) is 3.01. The lowest BCUT2D eigenvalue weighted by Crippen LogP contribution is -2.55. The summed E-state index contributed by atoms with van der Waals surface area (Å²) in [6, 6.07) is 3.33. The largest absolute Gasteiger partial charge is 0.493 e. The minimum Gasteiger partial charge on any atom is -0.493 e. The quantitative estimate of drug-likeness (QED) is 0.321. The van der Waals surface area contributed by atoms with Crippen molar-refractivity contribution in [1.82, 2.24) is 10.2 Å². The maximum absolute atomic E-state index is 13.7. The molecule has 3 aliphatic rings. The summed E-state index contributed by atoms with van der Waals surface area (Å²) in [5.74, 6) is 2.85. The van der Waals surface area contributed by atoms with Crippen LogP contribution in [-0.2, 0) is 9.59 Å². The van der Waals surface area contributed by atoms with Crippen molar-refractivity contribution >= 4 is 11.8 Å². The van der Waals surface area contributed by atoms with Crippen molar-refractivity contribution in [1.29, 1.82) is 0 Å². The maximum atomic E-state index is 13.7. The number of ether oxygens (including phenoxy) is 3. The monoisotopic (exact) mass is 571 g/mol. The highest BCUT2D eigenvalue weighted by molar-refractivity contribution is 5.89. The molecule has 2 amide bonds. The first-order chi connectivity index (χ1) is 19.9. The van der Waals surface area contributed by atoms with Crippen LogP contribution in [0.15, 0.2) is 12.1 Å². The summed E-state index contributed by atoms with van der Waals surface area (Å²) in [6.07, 6.45) is 16.8. The van der Waals surface area contributed by atoms with Gasteiger partial charge in [0.05, 0.1) is 27.4 Å². The molecule has 0 radical (unpaired) electrons. The zero-order valence-corrected chi connectivity index (χ0v) is 25.6. The van der Waals surface area contributed by atoms with Crippen LogP contribution in [0.5, 0.6) is 17.2 Å². The van der Waals surface area contributed by atoms with Crippen LogP contribution in [0.25, 0.3) is 0 Å². The van der Waals surface area contributed by atoms with Gasteiger partial charge < -0.3 is 25.3 Å². The molecule has 0 bridgehead atoms. The summed E-state index contributed by atoms with van der Waals surface area (Å²) in [5.41, 5.74) is 6.96. The Morgan fingerprint density at radius 2 is 1.49 bits per heavy atom. The van der Waals surface area contributed by atoms with Crippen molar-refractivity contribution in [3.05, 3.63) is 17.7 Å². The fraction of sp³-hybridized carbons (Fsp3) is 0.758. The third-order valence-electron chi connectivity index (χ3n) is 9.93. The number of nitrogens with two attached hydrogens (primary N) is 1. The summed E-state index contributed by atoms with van der Waals surface area (Å²) in [5, 5.41) is 3.09. The second-order valence-electron chi connectivity index (χ2n) is 12.5. The van der Waals surface area contributed by atoms with Crippen LogP contribution in [0.1, 0.15) is 108 Å². The Morgan fingerprint density at radius 3 is 2.07 bits per heavy atom. The minimum atomic E-state index is -0.600. The molecule has 1 saturated heterocycles. The molecule has 3 atom stereocenters. The van der Waals surface area contributed by atoms with E-state index in [2.05, 4.69) is 22.3 Å². The first-order valence-corrected chi connectivity index (χ1v) is 16.1. The molecule has 0 aromatic heterocycles. The predicted octanol–water partition coefficient (Wildman–Crippen LogP) is 5.56. The number of hydrogen-bond acceptors (Lipinski definition) is 6. The number of hydrogen-bond donors (Lipinski definition) is 2. The fourth-order valence-electron chi connectivity index (χ4n) is 7.57. The van der Waals surface area contributed by atoms with Crippen molar-refractivity contribution in [2.45, 2.75) is 114 Å². The van der Waals surface area contributed by atoms with Crippen molar-refractivity contribution in [2.75, 3.05) is 34.4 Å². The molecule has 1 aromatic carbocycles. The SMILES string of the molecule is COc1cc([C@@H](CN2CCCC[C@H]2C(=O)N[C@@H](CCC2CCCCC2)C(N)=O)C2CCCCC2)cc(OC)c1OC. The van der Waals surface area contributed by atoms with E-state index in [0.717, 1.165) is 38.8 Å². The van der Waals surface area contributed by atoms with E-state index in [4.69, 9.17) is 19.9 Å². The van der Waals surface area contributed by atoms with Gasteiger partial charge in [-0.15, -0.1) is 0 Å². The summed E-state index contributed by atoms with van der Waals surface area (Å²) in [6.45, 7) is 1.65. The predicted molar refractivity (Wildman–Crippen MR) is 162 cm³/mol. The average molecular weight is 572 g/mol. The van der Waals surface area contributed by atoms with E-state index in [1.165, 1.54) is 69.8 Å². The second kappa shape index (κ2) is 15.7. The van der Waals surface area contributed by atoms with E-state index in [9.17, 15) is 9.59 Å². The van der Waals surface area contributed by atoms with Crippen molar-refractivity contribution in [3.63, 3.8) is 0 Å². The Hall–Kier alpha value is -2.48. The van der Waals surface area contributed by atoms with E-state index in [1.54, 1.807) is 21.3 Å². The number of carbonyl (C=O) groups excluding carboxylic acids is 2. The van der Waals surface area contributed by atoms with Crippen molar-refractivity contribution < 1.29 is 23.8 Å². The van der Waals surface area contributed by atoms with Gasteiger partial charge in [0, 0.05) is 6.54 Å². The van der Waals surface area contributed by atoms with Gasteiger partial charge in [-0.05, 0) is 80.5 Å². The Kier molecular flexibility index (Phi) is 12.0. The third-order valence-corrected chi connectivity index (χ3v) is 9.93. The summed E-state index contributed by atoms with van der Waals surface area (Å²) in [4.78, 5) is 28.5. The summed E-state index contributed by atoms with van der Waals surface area (Å²) >= 11 is 0. The molecule has 41 heavy (non-hydrogen) atoms. The van der Waals surface area contributed by atoms with Gasteiger partial charge in [-0.2, -0.15) is 0 Å². The van der Waals surface area contributed by atoms with Gasteiger partial charge in [-0.3, -0.25) is 14.5 Å². The zero-order valence-electron chi connectivity index (χ0n) is 25.6. The van der Waals surface area contributed by atoms with Crippen LogP contribution >= 0.6 is 0 Å². The molecule has 3 N–H and O–H groups in total. The lowest BCUT2D eigenvalue weighted by molar-refractivity contribution is -0.132. The minimum absolute atomic E-state index is 0.0515. The number of nitrogens with zero attached hydrogens (tertiary/aromatic N) is 1. The molecule has 230 valence electrons. The van der Waals surface area contributed by atoms with Crippen LogP contribution in [0.4, 0.5) is 0 Å². The van der Waals surface area contributed by atoms with Crippen molar-refractivity contribution in [2.24, 2.45) is 17.6 Å². The van der Waals surface area contributed by atoms with Crippen molar-refractivity contribution in [3.8, 4) is 17.2 Å². The van der Waals surface area contributed by atoms with Gasteiger partial charge in [0.2, 0.25) is 17.6 Å². The molecule has 0 unspecified atom stereocenters. The molecule has 8 nitrogen and oxygen atoms in total. The number of methoxy groups -OCH3 is 3. The number of primary amides is 1. The van der Waals surface area contributed by atoms with Crippen LogP contribution in [0, 0.1) is 11.8 Å². The first kappa shape index (κ1) is 31.5. The van der Waals surface area contributed by atoms with Crippen LogP contribution in [0.3, 0.4) is 0 Å². The van der Waals surface area contributed by atoms with E-state index in [1.807, 2.05) is 0 Å². The molecule has 1 aromatic rings. The molecule has 4 rings (SSSR count). The molecule has 1 heterocycles. The highest BCUT2D eigenvalue weighted by Crippen LogP contribution is 2.44. The third kappa shape index (κ3) is 8.30. The fourth-order valence-corrected chi connectivity index (χ4v) is 7.57. The van der Waals surface area contributed by atoms with Crippen LogP contribution < -0.4 is 25.3 Å². The number of carbonyl (C=O) groups is 2. The topological polar surface area (TPSA) is 103 Å². The van der Waals surface area contributed by atoms with E-state index in [-0.39, 0.29) is 17.9 Å². The maximum Gasteiger partial charge on any atom is 0.240 e. The van der Waals surface area contributed by atoms with Gasteiger partial charge in [-0.1, -0.05) is 57.8 Å². The van der Waals surface area contributed by atoms with Gasteiger partial charge in [0.15, 0.2) is 11.5 Å². The number of benzene rings is 1. The standard InChI is InChI=1S/C33H53N3O5/c1-39-29-20-25(21-30(40-2)31(29)41-3)26(24-14-8-5-9-15-24)22-36-19-11-10-16-28(36)33(38)35-27(32(34)37)18-17-23-12-6-4-7-13-23/h20-21,23-24,26-28H,4-19,22H2,1-3H3,(H2,34,37)(H,35,38)/t26-,27-,28-/m0/s1. The zero-order chi connectivity index (χ0) is 29.2. The van der Waals surface area contributed by atoms with E-state index < -0.39 is 11.9 Å². The molecule has 2 aliphatic carbocycles. The van der Waals surface area contributed by atoms with E-state index >= 15 is 0 Å². The number of rotatable bonds is 13. The first-order valence-electron chi connectivity index (χ1n) is 16.1. The highest BCUT2D eigenvalue weighted by atomic mass is 16.5. The Bertz CT molecular complexity index is 964. The molecular formula is C33H53N3O5. The van der Waals surface area contributed by atoms with E-state index in [0.29, 0.717) is 35.5 Å². The number of nitrogens with one attached hydrogen (secondary N) is 1. The Morgan fingerprint density at radius 1 is 0.878 bits per heavy atom. The molecular weight excluding hydrogens is 518 g/mol. The summed E-state index contributed by atoms with van der Waals surface area (Å²) < 4.78 is 17.0. The Labute approximate surface area is 247 Å². The van der Waals surface area contributed by atoms with Crippen LogP contribution in [-0.4, -0.2) is 63.2 Å². The van der Waals surface area contributed by atoms with Gasteiger partial charge in [0.25, 0.3) is 0 Å². The lowest BCUT2D eigenvalue weighted by Gasteiger charge is -2.40. The summed E-state index contributed by atoms with van der Waals surface area (Å²) in [7, 11) is 4.94. The number of piperidine rings is 1. The lowest BCUT2D eigenvalue weighted by atomic mass is 9.76. The molecule has 3 fully saturated rings. The molecule has 1 aliphatic heterocycles. The van der Waals surface area contributed by atoms with Crippen LogP contribution in [0.2, 0.25) is 0 Å². The normalized spacial score (nSPS) is 22.5.